The monoisotopic (exact) mass is 291 g/mol. The number of hydrogen-bond donors (Lipinski definition) is 2. The third-order valence-electron chi connectivity index (χ3n) is 3.12. The van der Waals surface area contributed by atoms with E-state index in [1.165, 1.54) is 12.3 Å². The number of amides is 1. The summed E-state index contributed by atoms with van der Waals surface area (Å²) in [5.74, 6) is -2.26. The first-order valence-electron chi connectivity index (χ1n) is 6.31. The van der Waals surface area contributed by atoms with Gasteiger partial charge >= 0.3 is 0 Å². The third-order valence-corrected chi connectivity index (χ3v) is 3.12. The van der Waals surface area contributed by atoms with Gasteiger partial charge in [-0.25, -0.2) is 8.78 Å². The quantitative estimate of drug-likeness (QED) is 0.851. The minimum atomic E-state index is -0.965. The van der Waals surface area contributed by atoms with E-state index >= 15 is 0 Å². The van der Waals surface area contributed by atoms with Crippen LogP contribution in [0, 0.1) is 18.6 Å². The van der Waals surface area contributed by atoms with Gasteiger partial charge in [-0.15, -0.1) is 0 Å². The van der Waals surface area contributed by atoms with Crippen LogP contribution in [-0.4, -0.2) is 16.1 Å². The molecule has 0 fully saturated rings. The molecule has 1 unspecified atom stereocenters. The summed E-state index contributed by atoms with van der Waals surface area (Å²) >= 11 is 0. The number of aromatic nitrogens is 2. The van der Waals surface area contributed by atoms with Gasteiger partial charge in [0.25, 0.3) is 5.91 Å². The Morgan fingerprint density at radius 1 is 1.38 bits per heavy atom. The summed E-state index contributed by atoms with van der Waals surface area (Å²) in [4.78, 5) is 12.2. The van der Waals surface area contributed by atoms with Gasteiger partial charge < -0.3 is 5.32 Å². The van der Waals surface area contributed by atoms with Gasteiger partial charge in [0.05, 0.1) is 17.8 Å². The minimum Gasteiger partial charge on any atom is -0.341 e. The predicted octanol–water partition coefficient (Wildman–Crippen LogP) is 3.04. The molecule has 110 valence electrons. The van der Waals surface area contributed by atoms with E-state index in [0.717, 1.165) is 12.1 Å². The molecule has 0 aliphatic carbocycles. The molecule has 0 saturated heterocycles. The predicted molar refractivity (Wildman–Crippen MR) is 74.7 cm³/mol. The Balaban J connectivity index is 2.28. The average Bonchev–Trinajstić information content (AvgIpc) is 2.85. The van der Waals surface area contributed by atoms with Crippen LogP contribution in [0.2, 0.25) is 0 Å². The lowest BCUT2D eigenvalue weighted by atomic mass is 10.00. The van der Waals surface area contributed by atoms with Crippen LogP contribution in [0.3, 0.4) is 0 Å². The lowest BCUT2D eigenvalue weighted by Crippen LogP contribution is -2.29. The molecule has 1 amide bonds. The van der Waals surface area contributed by atoms with Crippen molar-refractivity contribution in [3.63, 3.8) is 0 Å². The number of aromatic amines is 1. The summed E-state index contributed by atoms with van der Waals surface area (Å²) in [7, 11) is 0. The number of nitrogens with zero attached hydrogens (tertiary/aromatic N) is 1. The highest BCUT2D eigenvalue weighted by molar-refractivity contribution is 5.95. The van der Waals surface area contributed by atoms with Crippen LogP contribution in [0.4, 0.5) is 8.78 Å². The Morgan fingerprint density at radius 2 is 2.10 bits per heavy atom. The molecule has 0 aliphatic heterocycles. The number of halogens is 2. The normalized spacial score (nSPS) is 12.0. The van der Waals surface area contributed by atoms with Crippen molar-refractivity contribution in [2.75, 3.05) is 0 Å². The van der Waals surface area contributed by atoms with Gasteiger partial charge in [0, 0.05) is 5.69 Å². The number of carbonyl (C=O) groups is 1. The molecule has 1 aromatic carbocycles. The molecular weight excluding hydrogens is 276 g/mol. The molecule has 6 heteroatoms. The van der Waals surface area contributed by atoms with Gasteiger partial charge in [-0.3, -0.25) is 9.89 Å². The SMILES string of the molecule is C=C(C)C(NC(=O)c1cn[nH]c1C)c1ccc(F)c(F)c1. The fraction of sp³-hybridized carbons (Fsp3) is 0.200. The lowest BCUT2D eigenvalue weighted by Gasteiger charge is -2.19. The van der Waals surface area contributed by atoms with Crippen LogP contribution in [0.15, 0.2) is 36.5 Å². The maximum atomic E-state index is 13.3. The molecule has 1 heterocycles. The van der Waals surface area contributed by atoms with Crippen LogP contribution in [0.25, 0.3) is 0 Å². The van der Waals surface area contributed by atoms with Crippen molar-refractivity contribution in [1.29, 1.82) is 0 Å². The third kappa shape index (κ3) is 3.16. The molecule has 21 heavy (non-hydrogen) atoms. The average molecular weight is 291 g/mol. The minimum absolute atomic E-state index is 0.362. The number of H-pyrrole nitrogens is 1. The van der Waals surface area contributed by atoms with E-state index in [9.17, 15) is 13.6 Å². The van der Waals surface area contributed by atoms with Crippen molar-refractivity contribution >= 4 is 5.91 Å². The Bertz CT molecular complexity index is 694. The van der Waals surface area contributed by atoms with Crippen LogP contribution in [0.1, 0.15) is 34.6 Å². The smallest absolute Gasteiger partial charge is 0.255 e. The zero-order valence-electron chi connectivity index (χ0n) is 11.7. The van der Waals surface area contributed by atoms with Gasteiger partial charge in [0.1, 0.15) is 0 Å². The standard InChI is InChI=1S/C15H15F2N3O/c1-8(2)14(10-4-5-12(16)13(17)6-10)19-15(21)11-7-18-20-9(11)3/h4-7,14H,1H2,2-3H3,(H,18,20)(H,19,21). The summed E-state index contributed by atoms with van der Waals surface area (Å²) in [5.41, 5.74) is 2.05. The largest absolute Gasteiger partial charge is 0.341 e. The molecule has 2 rings (SSSR count). The number of carbonyl (C=O) groups excluding carboxylic acids is 1. The molecule has 0 aliphatic rings. The van der Waals surface area contributed by atoms with Gasteiger partial charge in [-0.1, -0.05) is 18.2 Å². The van der Waals surface area contributed by atoms with E-state index in [0.29, 0.717) is 22.4 Å². The Hall–Kier alpha value is -2.50. The molecule has 2 aromatic rings. The molecule has 4 nitrogen and oxygen atoms in total. The summed E-state index contributed by atoms with van der Waals surface area (Å²) in [6, 6.07) is 2.88. The zero-order valence-corrected chi connectivity index (χ0v) is 11.7. The Morgan fingerprint density at radius 3 is 2.62 bits per heavy atom. The fourth-order valence-corrected chi connectivity index (χ4v) is 1.97. The summed E-state index contributed by atoms with van der Waals surface area (Å²) in [6.07, 6.45) is 1.41. The van der Waals surface area contributed by atoms with E-state index in [1.807, 2.05) is 0 Å². The lowest BCUT2D eigenvalue weighted by molar-refractivity contribution is 0.0941. The second kappa shape index (κ2) is 5.87. The topological polar surface area (TPSA) is 57.8 Å². The van der Waals surface area contributed by atoms with Gasteiger partial charge in [-0.2, -0.15) is 5.10 Å². The molecule has 1 atom stereocenters. The molecule has 0 radical (unpaired) electrons. The van der Waals surface area contributed by atoms with Crippen LogP contribution < -0.4 is 5.32 Å². The highest BCUT2D eigenvalue weighted by Gasteiger charge is 2.19. The van der Waals surface area contributed by atoms with Crippen molar-refractivity contribution in [3.05, 3.63) is 65.0 Å². The second-order valence-corrected chi connectivity index (χ2v) is 4.84. The number of nitrogens with one attached hydrogen (secondary N) is 2. The maximum absolute atomic E-state index is 13.3. The number of aryl methyl sites for hydroxylation is 1. The van der Waals surface area contributed by atoms with E-state index in [2.05, 4.69) is 22.1 Å². The van der Waals surface area contributed by atoms with E-state index in [-0.39, 0.29) is 5.91 Å². The molecule has 0 bridgehead atoms. The highest BCUT2D eigenvalue weighted by atomic mass is 19.2. The number of hydrogen-bond acceptors (Lipinski definition) is 2. The molecule has 2 N–H and O–H groups in total. The van der Waals surface area contributed by atoms with Crippen molar-refractivity contribution < 1.29 is 13.6 Å². The number of rotatable bonds is 4. The van der Waals surface area contributed by atoms with E-state index in [1.54, 1.807) is 13.8 Å². The van der Waals surface area contributed by atoms with Crippen LogP contribution in [0.5, 0.6) is 0 Å². The molecule has 0 saturated carbocycles. The van der Waals surface area contributed by atoms with Crippen molar-refractivity contribution in [1.82, 2.24) is 15.5 Å². The molecule has 1 aromatic heterocycles. The fourth-order valence-electron chi connectivity index (χ4n) is 1.97. The Kier molecular flexibility index (Phi) is 4.16. The van der Waals surface area contributed by atoms with Gasteiger partial charge in [0.2, 0.25) is 0 Å². The van der Waals surface area contributed by atoms with Crippen molar-refractivity contribution in [2.45, 2.75) is 19.9 Å². The molecular formula is C15H15F2N3O. The summed E-state index contributed by atoms with van der Waals surface area (Å²) in [5, 5.41) is 9.18. The first-order chi connectivity index (χ1) is 9.90. The first kappa shape index (κ1) is 14.9. The molecule has 0 spiro atoms. The Labute approximate surface area is 120 Å². The van der Waals surface area contributed by atoms with Gasteiger partial charge in [-0.05, 0) is 31.5 Å². The zero-order chi connectivity index (χ0) is 15.6. The highest BCUT2D eigenvalue weighted by Crippen LogP contribution is 2.22. The van der Waals surface area contributed by atoms with Crippen LogP contribution >= 0.6 is 0 Å². The van der Waals surface area contributed by atoms with E-state index < -0.39 is 17.7 Å². The number of benzene rings is 1. The summed E-state index contributed by atoms with van der Waals surface area (Å²) in [6.45, 7) is 7.21. The van der Waals surface area contributed by atoms with Crippen molar-refractivity contribution in [2.24, 2.45) is 0 Å². The van der Waals surface area contributed by atoms with E-state index in [4.69, 9.17) is 0 Å². The van der Waals surface area contributed by atoms with Crippen LogP contribution in [-0.2, 0) is 0 Å². The second-order valence-electron chi connectivity index (χ2n) is 4.84. The van der Waals surface area contributed by atoms with Crippen molar-refractivity contribution in [3.8, 4) is 0 Å². The maximum Gasteiger partial charge on any atom is 0.255 e. The first-order valence-corrected chi connectivity index (χ1v) is 6.31. The van der Waals surface area contributed by atoms with Gasteiger partial charge in [0.15, 0.2) is 11.6 Å². The summed E-state index contributed by atoms with van der Waals surface area (Å²) < 4.78 is 26.4.